The number of halogens is 2. The molecule has 0 saturated heterocycles. The van der Waals surface area contributed by atoms with Crippen LogP contribution in [0.3, 0.4) is 0 Å². The molecule has 3 nitrogen and oxygen atoms in total. The molecular formula is C12H8F2O3S. The molecule has 1 aromatic heterocycles. The zero-order valence-corrected chi connectivity index (χ0v) is 10.1. The molecule has 0 bridgehead atoms. The molecule has 0 aliphatic rings. The number of rotatable bonds is 3. The van der Waals surface area contributed by atoms with E-state index in [2.05, 4.69) is 0 Å². The van der Waals surface area contributed by atoms with Crippen LogP contribution in [0.5, 0.6) is 0 Å². The van der Waals surface area contributed by atoms with Crippen molar-refractivity contribution in [3.63, 3.8) is 0 Å². The third kappa shape index (κ3) is 2.38. The highest BCUT2D eigenvalue weighted by molar-refractivity contribution is 7.99. The highest BCUT2D eigenvalue weighted by atomic mass is 32.2. The summed E-state index contributed by atoms with van der Waals surface area (Å²) in [7, 11) is 0. The van der Waals surface area contributed by atoms with Crippen molar-refractivity contribution in [3.05, 3.63) is 47.4 Å². The average molecular weight is 270 g/mol. The molecule has 0 amide bonds. The van der Waals surface area contributed by atoms with Crippen LogP contribution in [0.4, 0.5) is 8.78 Å². The molecule has 6 heteroatoms. The minimum Gasteiger partial charge on any atom is -0.478 e. The van der Waals surface area contributed by atoms with Gasteiger partial charge in [-0.25, -0.2) is 13.6 Å². The maximum Gasteiger partial charge on any atom is 0.335 e. The minimum atomic E-state index is -1.37. The first-order valence-electron chi connectivity index (χ1n) is 4.93. The second kappa shape index (κ2) is 4.81. The van der Waals surface area contributed by atoms with Crippen LogP contribution >= 0.6 is 11.8 Å². The average Bonchev–Trinajstić information content (AvgIpc) is 2.69. The Morgan fingerprint density at radius 2 is 1.94 bits per heavy atom. The first-order valence-corrected chi connectivity index (χ1v) is 5.75. The summed E-state index contributed by atoms with van der Waals surface area (Å²) in [6.07, 6.45) is 1.42. The van der Waals surface area contributed by atoms with Gasteiger partial charge in [-0.3, -0.25) is 0 Å². The van der Waals surface area contributed by atoms with Gasteiger partial charge < -0.3 is 9.52 Å². The molecule has 2 aromatic rings. The summed E-state index contributed by atoms with van der Waals surface area (Å²) >= 11 is 0.858. The van der Waals surface area contributed by atoms with Crippen LogP contribution in [-0.4, -0.2) is 11.1 Å². The third-order valence-electron chi connectivity index (χ3n) is 2.27. The smallest absolute Gasteiger partial charge is 0.335 e. The number of hydrogen-bond donors (Lipinski definition) is 1. The van der Waals surface area contributed by atoms with Gasteiger partial charge >= 0.3 is 5.97 Å². The minimum absolute atomic E-state index is 0.246. The van der Waals surface area contributed by atoms with Crippen molar-refractivity contribution in [2.45, 2.75) is 16.7 Å². The van der Waals surface area contributed by atoms with E-state index in [0.717, 1.165) is 23.9 Å². The predicted molar refractivity (Wildman–Crippen MR) is 60.9 cm³/mol. The van der Waals surface area contributed by atoms with Crippen molar-refractivity contribution in [3.8, 4) is 0 Å². The Bertz CT molecular complexity index is 584. The molecule has 94 valence electrons. The van der Waals surface area contributed by atoms with Crippen LogP contribution in [0.1, 0.15) is 16.1 Å². The molecule has 0 aliphatic heterocycles. The van der Waals surface area contributed by atoms with Gasteiger partial charge in [0.1, 0.15) is 17.4 Å². The Balaban J connectivity index is 2.40. The lowest BCUT2D eigenvalue weighted by Gasteiger charge is -2.05. The van der Waals surface area contributed by atoms with Crippen LogP contribution in [0.25, 0.3) is 0 Å². The molecule has 0 saturated carbocycles. The van der Waals surface area contributed by atoms with Gasteiger partial charge in [0.05, 0.1) is 21.6 Å². The molecule has 0 atom stereocenters. The van der Waals surface area contributed by atoms with E-state index < -0.39 is 23.2 Å². The molecule has 1 aromatic carbocycles. The van der Waals surface area contributed by atoms with Gasteiger partial charge in [0.15, 0.2) is 0 Å². The van der Waals surface area contributed by atoms with E-state index in [1.54, 1.807) is 13.0 Å². The van der Waals surface area contributed by atoms with E-state index >= 15 is 0 Å². The van der Waals surface area contributed by atoms with Crippen molar-refractivity contribution >= 4 is 17.7 Å². The zero-order valence-electron chi connectivity index (χ0n) is 9.24. The summed E-state index contributed by atoms with van der Waals surface area (Å²) in [4.78, 5) is 11.0. The fourth-order valence-corrected chi connectivity index (χ4v) is 2.22. The highest BCUT2D eigenvalue weighted by Crippen LogP contribution is 2.34. The third-order valence-corrected chi connectivity index (χ3v) is 3.51. The summed E-state index contributed by atoms with van der Waals surface area (Å²) in [6.45, 7) is 1.67. The van der Waals surface area contributed by atoms with Crippen molar-refractivity contribution in [2.75, 3.05) is 0 Å². The summed E-state index contributed by atoms with van der Waals surface area (Å²) in [5, 5.41) is 8.67. The van der Waals surface area contributed by atoms with E-state index in [0.29, 0.717) is 10.7 Å². The Kier molecular flexibility index (Phi) is 3.38. The number of furan rings is 1. The number of hydrogen-bond acceptors (Lipinski definition) is 3. The normalized spacial score (nSPS) is 10.6. The maximum atomic E-state index is 13.6. The number of carboxylic acid groups (broad SMARTS) is 1. The number of aryl methyl sites for hydroxylation is 1. The van der Waals surface area contributed by atoms with E-state index in [1.165, 1.54) is 6.26 Å². The second-order valence-electron chi connectivity index (χ2n) is 3.52. The topological polar surface area (TPSA) is 50.4 Å². The Morgan fingerprint density at radius 1 is 1.33 bits per heavy atom. The van der Waals surface area contributed by atoms with Gasteiger partial charge in [0.25, 0.3) is 0 Å². The Morgan fingerprint density at radius 3 is 2.39 bits per heavy atom. The molecule has 0 fully saturated rings. The van der Waals surface area contributed by atoms with Crippen LogP contribution in [0.15, 0.2) is 38.7 Å². The fourth-order valence-electron chi connectivity index (χ4n) is 1.37. The number of carboxylic acids is 1. The van der Waals surface area contributed by atoms with Gasteiger partial charge in [-0.05, 0) is 25.1 Å². The predicted octanol–water partition coefficient (Wildman–Crippen LogP) is 3.72. The van der Waals surface area contributed by atoms with Gasteiger partial charge in [-0.1, -0.05) is 11.8 Å². The molecule has 1 heterocycles. The molecule has 0 radical (unpaired) electrons. The Hall–Kier alpha value is -1.82. The van der Waals surface area contributed by atoms with Crippen molar-refractivity contribution in [1.29, 1.82) is 0 Å². The molecule has 0 spiro atoms. The maximum absolute atomic E-state index is 13.6. The van der Waals surface area contributed by atoms with Crippen LogP contribution in [0, 0.1) is 18.6 Å². The first kappa shape index (κ1) is 12.6. The molecule has 0 unspecified atom stereocenters. The summed E-state index contributed by atoms with van der Waals surface area (Å²) in [6, 6.07) is 3.18. The number of carbonyl (C=O) groups is 1. The van der Waals surface area contributed by atoms with E-state index in [-0.39, 0.29) is 4.90 Å². The summed E-state index contributed by atoms with van der Waals surface area (Å²) < 4.78 is 32.3. The van der Waals surface area contributed by atoms with Gasteiger partial charge in [0.2, 0.25) is 0 Å². The van der Waals surface area contributed by atoms with Crippen molar-refractivity contribution in [1.82, 2.24) is 0 Å². The van der Waals surface area contributed by atoms with Gasteiger partial charge in [-0.2, -0.15) is 0 Å². The van der Waals surface area contributed by atoms with Crippen LogP contribution in [-0.2, 0) is 0 Å². The zero-order chi connectivity index (χ0) is 13.3. The van der Waals surface area contributed by atoms with E-state index in [9.17, 15) is 13.6 Å². The fraction of sp³-hybridized carbons (Fsp3) is 0.0833. The highest BCUT2D eigenvalue weighted by Gasteiger charge is 2.17. The summed E-state index contributed by atoms with van der Waals surface area (Å²) in [5.41, 5.74) is -0.418. The molecule has 1 N–H and O–H groups in total. The molecular weight excluding hydrogens is 262 g/mol. The van der Waals surface area contributed by atoms with E-state index in [4.69, 9.17) is 9.52 Å². The SMILES string of the molecule is Cc1occc1Sc1c(F)cc(C(=O)O)cc1F. The van der Waals surface area contributed by atoms with Crippen LogP contribution in [0.2, 0.25) is 0 Å². The van der Waals surface area contributed by atoms with Gasteiger partial charge in [-0.15, -0.1) is 0 Å². The molecule has 0 aliphatic carbocycles. The molecule has 2 rings (SSSR count). The van der Waals surface area contributed by atoms with Crippen LogP contribution < -0.4 is 0 Å². The second-order valence-corrected chi connectivity index (χ2v) is 4.57. The van der Waals surface area contributed by atoms with E-state index in [1.807, 2.05) is 0 Å². The quantitative estimate of drug-likeness (QED) is 0.923. The summed E-state index contributed by atoms with van der Waals surface area (Å²) in [5.74, 6) is -2.64. The lowest BCUT2D eigenvalue weighted by atomic mass is 10.2. The lowest BCUT2D eigenvalue weighted by Crippen LogP contribution is -2.00. The lowest BCUT2D eigenvalue weighted by molar-refractivity contribution is 0.0695. The molecule has 18 heavy (non-hydrogen) atoms. The van der Waals surface area contributed by atoms with Crippen molar-refractivity contribution < 1.29 is 23.1 Å². The first-order chi connectivity index (χ1) is 8.49. The number of benzene rings is 1. The van der Waals surface area contributed by atoms with Gasteiger partial charge in [0, 0.05) is 0 Å². The monoisotopic (exact) mass is 270 g/mol. The van der Waals surface area contributed by atoms with Crippen molar-refractivity contribution in [2.24, 2.45) is 0 Å². The Labute approximate surface area is 105 Å². The standard InChI is InChI=1S/C12H8F2O3S/c1-6-10(2-3-17-6)18-11-8(13)4-7(12(15)16)5-9(11)14/h2-5H,1H3,(H,15,16). The number of aromatic carboxylic acids is 1. The largest absolute Gasteiger partial charge is 0.478 e.